The predicted molar refractivity (Wildman–Crippen MR) is 117 cm³/mol. The molecule has 3 aromatic carbocycles. The Morgan fingerprint density at radius 2 is 1.32 bits per heavy atom. The number of fused-ring (bicyclic) bond motifs is 1. The van der Waals surface area contributed by atoms with Crippen molar-refractivity contribution in [2.45, 2.75) is 30.7 Å². The maximum atomic E-state index is 11.8. The van der Waals surface area contributed by atoms with Crippen LogP contribution >= 0.6 is 0 Å². The van der Waals surface area contributed by atoms with Gasteiger partial charge in [-0.2, -0.15) is 0 Å². The Morgan fingerprint density at radius 1 is 0.839 bits per heavy atom. The third kappa shape index (κ3) is 3.56. The molecule has 31 heavy (non-hydrogen) atoms. The topological polar surface area (TPSA) is 55.8 Å². The number of aliphatic hydroxyl groups excluding tert-OH is 1. The van der Waals surface area contributed by atoms with E-state index in [-0.39, 0.29) is 23.9 Å². The Kier molecular flexibility index (Phi) is 5.34. The molecule has 1 aliphatic carbocycles. The number of hydrogen-bond donors (Lipinski definition) is 1. The lowest BCUT2D eigenvalue weighted by atomic mass is 9.79. The number of benzene rings is 3. The Hall–Kier alpha value is -2.95. The largest absolute Gasteiger partial charge is 0.462 e. The van der Waals surface area contributed by atoms with E-state index in [1.54, 1.807) is 0 Å². The van der Waals surface area contributed by atoms with Crippen molar-refractivity contribution < 1.29 is 19.4 Å². The molecular formula is C27H26O4. The maximum absolute atomic E-state index is 11.8. The highest BCUT2D eigenvalue weighted by Crippen LogP contribution is 2.45. The Labute approximate surface area is 182 Å². The van der Waals surface area contributed by atoms with Gasteiger partial charge in [-0.05, 0) is 16.7 Å². The van der Waals surface area contributed by atoms with E-state index >= 15 is 0 Å². The van der Waals surface area contributed by atoms with Crippen LogP contribution in [0.4, 0.5) is 0 Å². The number of carbonyl (C=O) groups is 1. The van der Waals surface area contributed by atoms with Crippen LogP contribution in [0.25, 0.3) is 0 Å². The van der Waals surface area contributed by atoms with Crippen LogP contribution in [0, 0.1) is 11.8 Å². The van der Waals surface area contributed by atoms with Crippen molar-refractivity contribution in [2.75, 3.05) is 6.61 Å². The predicted octanol–water partition coefficient (Wildman–Crippen LogP) is 4.31. The summed E-state index contributed by atoms with van der Waals surface area (Å²) in [6, 6.07) is 30.6. The highest BCUT2D eigenvalue weighted by molar-refractivity contribution is 5.72. The summed E-state index contributed by atoms with van der Waals surface area (Å²) in [6.45, 7) is 0.331. The molecule has 3 aromatic rings. The second-order valence-electron chi connectivity index (χ2n) is 8.45. The maximum Gasteiger partial charge on any atom is 0.306 e. The lowest BCUT2D eigenvalue weighted by molar-refractivity contribution is -0.141. The zero-order valence-corrected chi connectivity index (χ0v) is 17.3. The van der Waals surface area contributed by atoms with Gasteiger partial charge in [0.15, 0.2) is 0 Å². The smallest absolute Gasteiger partial charge is 0.306 e. The van der Waals surface area contributed by atoms with Crippen LogP contribution in [0.1, 0.15) is 29.5 Å². The molecule has 0 bridgehead atoms. The van der Waals surface area contributed by atoms with Gasteiger partial charge in [0.2, 0.25) is 0 Å². The summed E-state index contributed by atoms with van der Waals surface area (Å²) >= 11 is 0. The fourth-order valence-corrected chi connectivity index (χ4v) is 5.20. The first kappa shape index (κ1) is 20.0. The van der Waals surface area contributed by atoms with Crippen LogP contribution in [0.5, 0.6) is 0 Å². The summed E-state index contributed by atoms with van der Waals surface area (Å²) in [5, 5.41) is 10.7. The second-order valence-corrected chi connectivity index (χ2v) is 8.45. The summed E-state index contributed by atoms with van der Waals surface area (Å²) in [7, 11) is 0. The lowest BCUT2D eigenvalue weighted by Gasteiger charge is -2.37. The van der Waals surface area contributed by atoms with E-state index in [9.17, 15) is 9.90 Å². The van der Waals surface area contributed by atoms with E-state index in [2.05, 4.69) is 36.4 Å². The first-order chi connectivity index (χ1) is 15.2. The molecule has 1 saturated carbocycles. The van der Waals surface area contributed by atoms with Crippen LogP contribution < -0.4 is 0 Å². The van der Waals surface area contributed by atoms with Gasteiger partial charge in [0, 0.05) is 18.3 Å². The SMILES string of the molecule is O=C1C[C@@H]2[C@@H](COC(c3ccccc3)(c3ccccc3)c3ccccc3)[C@H](O)C[C@@H]2O1. The van der Waals surface area contributed by atoms with Gasteiger partial charge < -0.3 is 14.6 Å². The summed E-state index contributed by atoms with van der Waals surface area (Å²) in [4.78, 5) is 11.8. The van der Waals surface area contributed by atoms with E-state index in [4.69, 9.17) is 9.47 Å². The van der Waals surface area contributed by atoms with Crippen molar-refractivity contribution in [3.8, 4) is 0 Å². The molecule has 0 amide bonds. The van der Waals surface area contributed by atoms with Crippen LogP contribution in [0.15, 0.2) is 91.0 Å². The zero-order valence-electron chi connectivity index (χ0n) is 17.3. The Balaban J connectivity index is 1.58. The molecule has 1 heterocycles. The molecule has 0 radical (unpaired) electrons. The van der Waals surface area contributed by atoms with E-state index in [1.165, 1.54) is 0 Å². The van der Waals surface area contributed by atoms with Crippen LogP contribution in [-0.4, -0.2) is 29.9 Å². The first-order valence-corrected chi connectivity index (χ1v) is 10.9. The fourth-order valence-electron chi connectivity index (χ4n) is 5.20. The molecule has 1 saturated heterocycles. The van der Waals surface area contributed by atoms with Gasteiger partial charge in [0.1, 0.15) is 11.7 Å². The third-order valence-corrected chi connectivity index (χ3v) is 6.71. The average molecular weight is 415 g/mol. The molecule has 4 atom stereocenters. The molecule has 0 aromatic heterocycles. The molecule has 1 aliphatic heterocycles. The van der Waals surface area contributed by atoms with Crippen molar-refractivity contribution in [3.05, 3.63) is 108 Å². The van der Waals surface area contributed by atoms with Gasteiger partial charge in [-0.1, -0.05) is 91.0 Å². The molecule has 5 rings (SSSR count). The Morgan fingerprint density at radius 3 is 1.81 bits per heavy atom. The minimum atomic E-state index is -0.828. The molecule has 2 aliphatic rings. The minimum absolute atomic E-state index is 0.00233. The number of esters is 1. The second kappa shape index (κ2) is 8.29. The first-order valence-electron chi connectivity index (χ1n) is 10.9. The summed E-state index contributed by atoms with van der Waals surface area (Å²) < 4.78 is 12.3. The van der Waals surface area contributed by atoms with Crippen molar-refractivity contribution in [1.82, 2.24) is 0 Å². The average Bonchev–Trinajstić information content (AvgIpc) is 3.31. The minimum Gasteiger partial charge on any atom is -0.462 e. The van der Waals surface area contributed by atoms with Gasteiger partial charge in [0.05, 0.1) is 19.1 Å². The summed E-state index contributed by atoms with van der Waals surface area (Å²) in [6.07, 6.45) is 0.100. The van der Waals surface area contributed by atoms with Crippen molar-refractivity contribution in [2.24, 2.45) is 11.8 Å². The van der Waals surface area contributed by atoms with Gasteiger partial charge in [-0.15, -0.1) is 0 Å². The molecule has 1 N–H and O–H groups in total. The molecule has 0 spiro atoms. The van der Waals surface area contributed by atoms with E-state index in [1.807, 2.05) is 54.6 Å². The third-order valence-electron chi connectivity index (χ3n) is 6.71. The van der Waals surface area contributed by atoms with E-state index in [0.717, 1.165) is 16.7 Å². The van der Waals surface area contributed by atoms with Crippen molar-refractivity contribution >= 4 is 5.97 Å². The van der Waals surface area contributed by atoms with Crippen LogP contribution in [-0.2, 0) is 19.9 Å². The van der Waals surface area contributed by atoms with E-state index < -0.39 is 11.7 Å². The van der Waals surface area contributed by atoms with Gasteiger partial charge in [-0.3, -0.25) is 4.79 Å². The van der Waals surface area contributed by atoms with Crippen molar-refractivity contribution in [1.29, 1.82) is 0 Å². The quantitative estimate of drug-likeness (QED) is 0.482. The summed E-state index contributed by atoms with van der Waals surface area (Å²) in [5.41, 5.74) is 2.24. The molecule has 0 unspecified atom stereocenters. The van der Waals surface area contributed by atoms with Gasteiger partial charge in [0.25, 0.3) is 0 Å². The number of aliphatic hydroxyl groups is 1. The zero-order chi connectivity index (χ0) is 21.3. The van der Waals surface area contributed by atoms with Crippen molar-refractivity contribution in [3.63, 3.8) is 0 Å². The van der Waals surface area contributed by atoms with Crippen LogP contribution in [0.3, 0.4) is 0 Å². The highest BCUT2D eigenvalue weighted by Gasteiger charge is 2.50. The molecule has 4 nitrogen and oxygen atoms in total. The Bertz CT molecular complexity index is 922. The fraction of sp³-hybridized carbons (Fsp3) is 0.296. The molecule has 158 valence electrons. The summed E-state index contributed by atoms with van der Waals surface area (Å²) in [5.74, 6) is -0.318. The van der Waals surface area contributed by atoms with Gasteiger partial charge >= 0.3 is 5.97 Å². The van der Waals surface area contributed by atoms with Crippen LogP contribution in [0.2, 0.25) is 0 Å². The molecule has 2 fully saturated rings. The van der Waals surface area contributed by atoms with Gasteiger partial charge in [-0.25, -0.2) is 0 Å². The number of hydrogen-bond acceptors (Lipinski definition) is 4. The monoisotopic (exact) mass is 414 g/mol. The molecule has 4 heteroatoms. The molecular weight excluding hydrogens is 388 g/mol. The normalized spacial score (nSPS) is 25.3. The highest BCUT2D eigenvalue weighted by atomic mass is 16.6. The number of rotatable bonds is 6. The standard InChI is InChI=1S/C27H26O4/c28-24-17-25-22(16-26(29)31-25)23(24)18-30-27(19-10-4-1-5-11-19,20-12-6-2-7-13-20)21-14-8-3-9-15-21/h1-15,22-25,28H,16-18H2/t22-,23-,24-,25+/m1/s1. The number of carbonyl (C=O) groups excluding carboxylic acids is 1. The number of ether oxygens (including phenoxy) is 2. The van der Waals surface area contributed by atoms with E-state index in [0.29, 0.717) is 19.4 Å². The lowest BCUT2D eigenvalue weighted by Crippen LogP contribution is -2.37.